The van der Waals surface area contributed by atoms with Gasteiger partial charge in [-0.15, -0.1) is 0 Å². The van der Waals surface area contributed by atoms with Gasteiger partial charge in [0.25, 0.3) is 0 Å². The number of nitrogens with zero attached hydrogens (tertiary/aromatic N) is 1. The summed E-state index contributed by atoms with van der Waals surface area (Å²) in [6.45, 7) is 0. The SMILES string of the molecule is N#Cc1ccc(C2=Cc3cccc4cccc(c34)N2)cc1. The van der Waals surface area contributed by atoms with Gasteiger partial charge in [0, 0.05) is 16.8 Å². The van der Waals surface area contributed by atoms with Crippen LogP contribution in [0.15, 0.2) is 60.7 Å². The van der Waals surface area contributed by atoms with Crippen LogP contribution in [-0.2, 0) is 0 Å². The highest BCUT2D eigenvalue weighted by Crippen LogP contribution is 2.35. The molecule has 1 aliphatic rings. The van der Waals surface area contributed by atoms with Crippen molar-refractivity contribution >= 4 is 28.2 Å². The minimum Gasteiger partial charge on any atom is -0.354 e. The van der Waals surface area contributed by atoms with Gasteiger partial charge in [-0.2, -0.15) is 5.26 Å². The van der Waals surface area contributed by atoms with Gasteiger partial charge in [-0.25, -0.2) is 0 Å². The predicted molar refractivity (Wildman–Crippen MR) is 86.6 cm³/mol. The summed E-state index contributed by atoms with van der Waals surface area (Å²) < 4.78 is 0. The van der Waals surface area contributed by atoms with Crippen molar-refractivity contribution in [3.63, 3.8) is 0 Å². The standard InChI is InChI=1S/C19H12N2/c20-12-13-7-9-14(10-8-13)18-11-16-5-1-3-15-4-2-6-17(21-18)19(15)16/h1-11,21H. The first kappa shape index (κ1) is 11.7. The van der Waals surface area contributed by atoms with Crippen molar-refractivity contribution in [1.82, 2.24) is 0 Å². The van der Waals surface area contributed by atoms with E-state index in [1.165, 1.54) is 16.3 Å². The monoisotopic (exact) mass is 268 g/mol. The second kappa shape index (κ2) is 4.50. The maximum atomic E-state index is 8.89. The minimum atomic E-state index is 0.678. The average molecular weight is 268 g/mol. The highest BCUT2D eigenvalue weighted by atomic mass is 14.9. The Morgan fingerprint density at radius 1 is 0.857 bits per heavy atom. The molecule has 0 spiro atoms. The summed E-state index contributed by atoms with van der Waals surface area (Å²) in [5, 5.41) is 14.9. The van der Waals surface area contributed by atoms with Crippen LogP contribution in [0.2, 0.25) is 0 Å². The van der Waals surface area contributed by atoms with E-state index in [1.54, 1.807) is 0 Å². The largest absolute Gasteiger partial charge is 0.354 e. The minimum absolute atomic E-state index is 0.678. The lowest BCUT2D eigenvalue weighted by molar-refractivity contribution is 1.47. The lowest BCUT2D eigenvalue weighted by Crippen LogP contribution is -2.04. The Balaban J connectivity index is 1.87. The first-order chi connectivity index (χ1) is 10.3. The number of nitrogens with one attached hydrogen (secondary N) is 1. The molecular formula is C19H12N2. The van der Waals surface area contributed by atoms with E-state index >= 15 is 0 Å². The van der Waals surface area contributed by atoms with Crippen molar-refractivity contribution in [3.8, 4) is 6.07 Å². The molecule has 0 atom stereocenters. The third-order valence-corrected chi connectivity index (χ3v) is 3.83. The number of hydrogen-bond donors (Lipinski definition) is 1. The van der Waals surface area contributed by atoms with E-state index < -0.39 is 0 Å². The third-order valence-electron chi connectivity index (χ3n) is 3.83. The van der Waals surface area contributed by atoms with E-state index in [0.717, 1.165) is 16.9 Å². The molecule has 0 aromatic heterocycles. The van der Waals surface area contributed by atoms with E-state index in [4.69, 9.17) is 5.26 Å². The molecule has 0 fully saturated rings. The van der Waals surface area contributed by atoms with Crippen LogP contribution in [0.1, 0.15) is 16.7 Å². The van der Waals surface area contributed by atoms with Gasteiger partial charge in [0.05, 0.1) is 11.6 Å². The normalized spacial score (nSPS) is 12.4. The van der Waals surface area contributed by atoms with Crippen LogP contribution in [0.5, 0.6) is 0 Å². The molecule has 1 aliphatic heterocycles. The second-order valence-electron chi connectivity index (χ2n) is 5.12. The molecule has 98 valence electrons. The first-order valence-electron chi connectivity index (χ1n) is 6.86. The fourth-order valence-electron chi connectivity index (χ4n) is 2.81. The van der Waals surface area contributed by atoms with Crippen LogP contribution in [0, 0.1) is 11.3 Å². The lowest BCUT2D eigenvalue weighted by Gasteiger charge is -2.20. The maximum absolute atomic E-state index is 8.89. The molecule has 0 unspecified atom stereocenters. The van der Waals surface area contributed by atoms with Crippen LogP contribution < -0.4 is 5.32 Å². The summed E-state index contributed by atoms with van der Waals surface area (Å²) in [4.78, 5) is 0. The Hall–Kier alpha value is -3.05. The van der Waals surface area contributed by atoms with Crippen LogP contribution in [0.3, 0.4) is 0 Å². The summed E-state index contributed by atoms with van der Waals surface area (Å²) in [5.74, 6) is 0. The summed E-state index contributed by atoms with van der Waals surface area (Å²) in [7, 11) is 0. The molecule has 3 aromatic rings. The van der Waals surface area contributed by atoms with E-state index in [1.807, 2.05) is 24.3 Å². The smallest absolute Gasteiger partial charge is 0.0991 e. The predicted octanol–water partition coefficient (Wildman–Crippen LogP) is 4.64. The highest BCUT2D eigenvalue weighted by Gasteiger charge is 2.13. The van der Waals surface area contributed by atoms with Gasteiger partial charge in [-0.05, 0) is 40.8 Å². The number of hydrogen-bond acceptors (Lipinski definition) is 2. The highest BCUT2D eigenvalue weighted by molar-refractivity contribution is 6.09. The van der Waals surface area contributed by atoms with Gasteiger partial charge in [-0.1, -0.05) is 42.5 Å². The number of anilines is 1. The molecule has 0 bridgehead atoms. The summed E-state index contributed by atoms with van der Waals surface area (Å²) in [6.07, 6.45) is 2.16. The lowest BCUT2D eigenvalue weighted by atomic mass is 9.96. The molecule has 4 rings (SSSR count). The molecule has 1 heterocycles. The quantitative estimate of drug-likeness (QED) is 0.698. The molecule has 0 radical (unpaired) electrons. The zero-order valence-electron chi connectivity index (χ0n) is 11.3. The molecule has 1 N–H and O–H groups in total. The van der Waals surface area contributed by atoms with Crippen molar-refractivity contribution in [2.75, 3.05) is 5.32 Å². The van der Waals surface area contributed by atoms with Crippen LogP contribution in [0.25, 0.3) is 22.5 Å². The molecule has 2 nitrogen and oxygen atoms in total. The molecule has 0 amide bonds. The Morgan fingerprint density at radius 3 is 2.38 bits per heavy atom. The van der Waals surface area contributed by atoms with Gasteiger partial charge in [0.15, 0.2) is 0 Å². The third kappa shape index (κ3) is 1.87. The van der Waals surface area contributed by atoms with E-state index in [-0.39, 0.29) is 0 Å². The van der Waals surface area contributed by atoms with E-state index in [9.17, 15) is 0 Å². The zero-order valence-corrected chi connectivity index (χ0v) is 11.3. The molecular weight excluding hydrogens is 256 g/mol. The average Bonchev–Trinajstić information content (AvgIpc) is 2.55. The topological polar surface area (TPSA) is 35.8 Å². The molecule has 0 saturated heterocycles. The summed E-state index contributed by atoms with van der Waals surface area (Å²) in [5.41, 5.74) is 5.18. The maximum Gasteiger partial charge on any atom is 0.0991 e. The van der Waals surface area contributed by atoms with Gasteiger partial charge in [0.2, 0.25) is 0 Å². The molecule has 2 heteroatoms. The van der Waals surface area contributed by atoms with Gasteiger partial charge >= 0.3 is 0 Å². The molecule has 0 saturated carbocycles. The van der Waals surface area contributed by atoms with Crippen molar-refractivity contribution in [2.24, 2.45) is 0 Å². The van der Waals surface area contributed by atoms with Crippen molar-refractivity contribution in [1.29, 1.82) is 5.26 Å². The molecule has 3 aromatic carbocycles. The fourth-order valence-corrected chi connectivity index (χ4v) is 2.81. The molecule has 21 heavy (non-hydrogen) atoms. The van der Waals surface area contributed by atoms with Crippen molar-refractivity contribution in [3.05, 3.63) is 77.4 Å². The van der Waals surface area contributed by atoms with Crippen LogP contribution in [0.4, 0.5) is 5.69 Å². The van der Waals surface area contributed by atoms with E-state index in [2.05, 4.69) is 53.9 Å². The zero-order chi connectivity index (χ0) is 14.2. The number of rotatable bonds is 1. The summed E-state index contributed by atoms with van der Waals surface area (Å²) in [6, 6.07) is 22.4. The Labute approximate surface area is 123 Å². The van der Waals surface area contributed by atoms with Gasteiger partial charge in [0.1, 0.15) is 0 Å². The Kier molecular flexibility index (Phi) is 2.52. The molecule has 0 aliphatic carbocycles. The van der Waals surface area contributed by atoms with Crippen LogP contribution >= 0.6 is 0 Å². The van der Waals surface area contributed by atoms with Gasteiger partial charge in [-0.3, -0.25) is 0 Å². The van der Waals surface area contributed by atoms with Gasteiger partial charge < -0.3 is 5.32 Å². The Bertz CT molecular complexity index is 907. The first-order valence-corrected chi connectivity index (χ1v) is 6.86. The van der Waals surface area contributed by atoms with E-state index in [0.29, 0.717) is 5.56 Å². The summed E-state index contributed by atoms with van der Waals surface area (Å²) >= 11 is 0. The van der Waals surface area contributed by atoms with Crippen LogP contribution in [-0.4, -0.2) is 0 Å². The second-order valence-corrected chi connectivity index (χ2v) is 5.12. The number of benzene rings is 3. The fraction of sp³-hybridized carbons (Fsp3) is 0. The van der Waals surface area contributed by atoms with Crippen molar-refractivity contribution < 1.29 is 0 Å². The van der Waals surface area contributed by atoms with Crippen molar-refractivity contribution in [2.45, 2.75) is 0 Å². The number of nitriles is 1. The Morgan fingerprint density at radius 2 is 1.62 bits per heavy atom.